The predicted molar refractivity (Wildman–Crippen MR) is 49.4 cm³/mol. The van der Waals surface area contributed by atoms with Gasteiger partial charge < -0.3 is 0 Å². The van der Waals surface area contributed by atoms with E-state index < -0.39 is 0 Å². The Kier molecular flexibility index (Phi) is 1.66. The van der Waals surface area contributed by atoms with Crippen molar-refractivity contribution in [3.8, 4) is 0 Å². The van der Waals surface area contributed by atoms with Gasteiger partial charge in [-0.15, -0.1) is 11.3 Å². The topological polar surface area (TPSA) is 0 Å². The lowest BCUT2D eigenvalue weighted by molar-refractivity contribution is 0.990. The molecule has 10 heavy (non-hydrogen) atoms. The molecule has 2 heteroatoms. The Morgan fingerprint density at radius 3 is 3.20 bits per heavy atom. The summed E-state index contributed by atoms with van der Waals surface area (Å²) in [7, 11) is 0. The second-order valence-corrected chi connectivity index (χ2v) is 4.13. The summed E-state index contributed by atoms with van der Waals surface area (Å²) in [6.07, 6.45) is 6.86. The van der Waals surface area contributed by atoms with E-state index in [2.05, 4.69) is 33.5 Å². The van der Waals surface area contributed by atoms with E-state index in [-0.39, 0.29) is 0 Å². The van der Waals surface area contributed by atoms with Gasteiger partial charge in [0.05, 0.1) is 0 Å². The van der Waals surface area contributed by atoms with Crippen LogP contribution in [0, 0.1) is 0 Å². The largest absolute Gasteiger partial charge is 0.143 e. The SMILES string of the molecule is Brc1csc2c1CCC=C2. The third-order valence-electron chi connectivity index (χ3n) is 1.71. The molecule has 0 aliphatic heterocycles. The Morgan fingerprint density at radius 2 is 2.40 bits per heavy atom. The zero-order valence-electron chi connectivity index (χ0n) is 5.43. The van der Waals surface area contributed by atoms with Gasteiger partial charge in [-0.05, 0) is 40.4 Å². The molecule has 1 aromatic rings. The molecule has 1 aromatic heterocycles. The van der Waals surface area contributed by atoms with Crippen LogP contribution in [0.3, 0.4) is 0 Å². The van der Waals surface area contributed by atoms with Gasteiger partial charge in [0.1, 0.15) is 0 Å². The van der Waals surface area contributed by atoms with Gasteiger partial charge in [-0.2, -0.15) is 0 Å². The lowest BCUT2D eigenvalue weighted by Gasteiger charge is -2.03. The Balaban J connectivity index is 2.57. The van der Waals surface area contributed by atoms with Crippen LogP contribution in [0.25, 0.3) is 6.08 Å². The molecule has 1 aliphatic carbocycles. The van der Waals surface area contributed by atoms with E-state index in [1.165, 1.54) is 27.8 Å². The van der Waals surface area contributed by atoms with Crippen LogP contribution in [0.5, 0.6) is 0 Å². The van der Waals surface area contributed by atoms with Crippen molar-refractivity contribution in [2.24, 2.45) is 0 Å². The highest BCUT2D eigenvalue weighted by molar-refractivity contribution is 9.10. The maximum absolute atomic E-state index is 3.53. The summed E-state index contributed by atoms with van der Waals surface area (Å²) in [5.74, 6) is 0. The van der Waals surface area contributed by atoms with Crippen LogP contribution in [0.15, 0.2) is 15.9 Å². The fourth-order valence-electron chi connectivity index (χ4n) is 1.18. The average Bonchev–Trinajstić information content (AvgIpc) is 2.34. The molecule has 0 aromatic carbocycles. The summed E-state index contributed by atoms with van der Waals surface area (Å²) >= 11 is 5.35. The molecule has 0 bridgehead atoms. The van der Waals surface area contributed by atoms with E-state index in [1.807, 2.05) is 11.3 Å². The van der Waals surface area contributed by atoms with E-state index in [0.717, 1.165) is 0 Å². The molecular formula is C8H7BrS. The maximum Gasteiger partial charge on any atom is 0.0320 e. The van der Waals surface area contributed by atoms with Gasteiger partial charge in [0.25, 0.3) is 0 Å². The third kappa shape index (κ3) is 0.956. The molecule has 2 rings (SSSR count). The molecule has 0 unspecified atom stereocenters. The number of rotatable bonds is 0. The van der Waals surface area contributed by atoms with Crippen molar-refractivity contribution in [3.63, 3.8) is 0 Å². The normalized spacial score (nSPS) is 15.3. The van der Waals surface area contributed by atoms with Crippen LogP contribution in [0.4, 0.5) is 0 Å². The molecule has 1 heterocycles. The Labute approximate surface area is 72.7 Å². The summed E-state index contributed by atoms with van der Waals surface area (Å²) in [6.45, 7) is 0. The van der Waals surface area contributed by atoms with Crippen LogP contribution in [0.2, 0.25) is 0 Å². The summed E-state index contributed by atoms with van der Waals surface area (Å²) in [5, 5.41) is 2.17. The van der Waals surface area contributed by atoms with Crippen LogP contribution in [0.1, 0.15) is 16.9 Å². The van der Waals surface area contributed by atoms with Crippen LogP contribution < -0.4 is 0 Å². The van der Waals surface area contributed by atoms with Crippen molar-refractivity contribution in [1.82, 2.24) is 0 Å². The highest BCUT2D eigenvalue weighted by Crippen LogP contribution is 2.32. The van der Waals surface area contributed by atoms with Crippen LogP contribution in [-0.2, 0) is 6.42 Å². The van der Waals surface area contributed by atoms with Crippen molar-refractivity contribution in [2.45, 2.75) is 12.8 Å². The number of hydrogen-bond donors (Lipinski definition) is 0. The molecule has 0 fully saturated rings. The van der Waals surface area contributed by atoms with Crippen molar-refractivity contribution >= 4 is 33.3 Å². The summed E-state index contributed by atoms with van der Waals surface area (Å²) < 4.78 is 1.29. The first-order valence-corrected chi connectivity index (χ1v) is 4.97. The molecule has 0 saturated heterocycles. The zero-order valence-corrected chi connectivity index (χ0v) is 7.83. The summed E-state index contributed by atoms with van der Waals surface area (Å²) in [6, 6.07) is 0. The monoisotopic (exact) mass is 214 g/mol. The quantitative estimate of drug-likeness (QED) is 0.621. The molecule has 0 nitrogen and oxygen atoms in total. The fourth-order valence-corrected chi connectivity index (χ4v) is 2.90. The van der Waals surface area contributed by atoms with Gasteiger partial charge in [0.15, 0.2) is 0 Å². The lowest BCUT2D eigenvalue weighted by atomic mass is 10.1. The number of halogens is 1. The Morgan fingerprint density at radius 1 is 1.50 bits per heavy atom. The molecule has 0 spiro atoms. The first-order valence-electron chi connectivity index (χ1n) is 3.30. The minimum Gasteiger partial charge on any atom is -0.143 e. The highest BCUT2D eigenvalue weighted by atomic mass is 79.9. The van der Waals surface area contributed by atoms with E-state index >= 15 is 0 Å². The Bertz CT molecular complexity index is 273. The van der Waals surface area contributed by atoms with Gasteiger partial charge >= 0.3 is 0 Å². The van der Waals surface area contributed by atoms with Gasteiger partial charge in [-0.1, -0.05) is 6.08 Å². The van der Waals surface area contributed by atoms with Gasteiger partial charge in [-0.25, -0.2) is 0 Å². The average molecular weight is 215 g/mol. The first-order chi connectivity index (χ1) is 4.88. The minimum absolute atomic E-state index is 1.20. The van der Waals surface area contributed by atoms with Crippen LogP contribution >= 0.6 is 27.3 Å². The molecule has 0 saturated carbocycles. The van der Waals surface area contributed by atoms with Crippen molar-refractivity contribution < 1.29 is 0 Å². The highest BCUT2D eigenvalue weighted by Gasteiger charge is 2.08. The van der Waals surface area contributed by atoms with Crippen molar-refractivity contribution in [1.29, 1.82) is 0 Å². The summed E-state index contributed by atoms with van der Waals surface area (Å²) in [4.78, 5) is 1.43. The zero-order chi connectivity index (χ0) is 6.97. The predicted octanol–water partition coefficient (Wildman–Crippen LogP) is 3.47. The fraction of sp³-hybridized carbons (Fsp3) is 0.250. The van der Waals surface area contributed by atoms with E-state index in [4.69, 9.17) is 0 Å². The van der Waals surface area contributed by atoms with Crippen LogP contribution in [-0.4, -0.2) is 0 Å². The summed E-state index contributed by atoms with van der Waals surface area (Å²) in [5.41, 5.74) is 1.49. The third-order valence-corrected chi connectivity index (χ3v) is 3.71. The number of thiophene rings is 1. The Hall–Kier alpha value is -0.0800. The van der Waals surface area contributed by atoms with Gasteiger partial charge in [0, 0.05) is 14.7 Å². The molecule has 52 valence electrons. The smallest absolute Gasteiger partial charge is 0.0320 e. The van der Waals surface area contributed by atoms with E-state index in [0.29, 0.717) is 0 Å². The standard InChI is InChI=1S/C8H7BrS/c9-7-5-10-8-4-2-1-3-6(7)8/h2,4-5H,1,3H2. The second-order valence-electron chi connectivity index (χ2n) is 2.37. The van der Waals surface area contributed by atoms with E-state index in [9.17, 15) is 0 Å². The molecular weight excluding hydrogens is 208 g/mol. The van der Waals surface area contributed by atoms with Crippen molar-refractivity contribution in [3.05, 3.63) is 26.4 Å². The molecule has 0 radical (unpaired) electrons. The van der Waals surface area contributed by atoms with E-state index in [1.54, 1.807) is 0 Å². The first kappa shape index (κ1) is 6.62. The second kappa shape index (κ2) is 2.51. The lowest BCUT2D eigenvalue weighted by Crippen LogP contribution is -1.88. The van der Waals surface area contributed by atoms with Crippen molar-refractivity contribution in [2.75, 3.05) is 0 Å². The number of allylic oxidation sites excluding steroid dienone is 1. The van der Waals surface area contributed by atoms with Gasteiger partial charge in [-0.3, -0.25) is 0 Å². The molecule has 0 N–H and O–H groups in total. The molecule has 0 atom stereocenters. The van der Waals surface area contributed by atoms with Gasteiger partial charge in [0.2, 0.25) is 0 Å². The number of hydrogen-bond acceptors (Lipinski definition) is 1. The molecule has 1 aliphatic rings. The molecule has 0 amide bonds. The maximum atomic E-state index is 3.53. The minimum atomic E-state index is 1.20. The number of fused-ring (bicyclic) bond motifs is 1.